The minimum absolute atomic E-state index is 0.113. The predicted molar refractivity (Wildman–Crippen MR) is 91.4 cm³/mol. The highest BCUT2D eigenvalue weighted by Gasteiger charge is 2.33. The molecule has 1 atom stereocenters. The Morgan fingerprint density at radius 1 is 1.30 bits per heavy atom. The number of ketones is 1. The van der Waals surface area contributed by atoms with Crippen molar-refractivity contribution in [3.8, 4) is 0 Å². The molecule has 1 aromatic rings. The van der Waals surface area contributed by atoms with E-state index in [1.54, 1.807) is 23.1 Å². The van der Waals surface area contributed by atoms with Crippen molar-refractivity contribution in [3.05, 3.63) is 33.8 Å². The highest BCUT2D eigenvalue weighted by molar-refractivity contribution is 6.43. The maximum Gasteiger partial charge on any atom is 0.410 e. The molecule has 1 fully saturated rings. The van der Waals surface area contributed by atoms with Gasteiger partial charge in [-0.1, -0.05) is 29.3 Å². The van der Waals surface area contributed by atoms with Crippen molar-refractivity contribution in [2.24, 2.45) is 0 Å². The molecule has 0 aromatic heterocycles. The Bertz CT molecular complexity index is 610. The summed E-state index contributed by atoms with van der Waals surface area (Å²) in [6, 6.07) is 4.83. The summed E-state index contributed by atoms with van der Waals surface area (Å²) in [5.41, 5.74) is -0.153. The minimum Gasteiger partial charge on any atom is -0.444 e. The number of ether oxygens (including phenoxy) is 1. The molecule has 0 bridgehead atoms. The first-order valence-electron chi connectivity index (χ1n) is 7.66. The van der Waals surface area contributed by atoms with Crippen LogP contribution in [-0.4, -0.2) is 35.0 Å². The molecule has 1 unspecified atom stereocenters. The van der Waals surface area contributed by atoms with Crippen LogP contribution in [-0.2, 0) is 4.74 Å². The standard InChI is InChI=1S/C17H21Cl2NO3/c1-17(2,3)23-16(22)20-9-5-6-11(20)10-14(21)12-7-4-8-13(18)15(12)19/h4,7-8,11H,5-6,9-10H2,1-3H3. The number of amides is 1. The molecule has 1 amide bonds. The summed E-state index contributed by atoms with van der Waals surface area (Å²) in [7, 11) is 0. The zero-order valence-electron chi connectivity index (χ0n) is 13.6. The zero-order chi connectivity index (χ0) is 17.2. The average Bonchev–Trinajstić information content (AvgIpc) is 2.88. The molecule has 126 valence electrons. The first kappa shape index (κ1) is 18.1. The quantitative estimate of drug-likeness (QED) is 0.717. The largest absolute Gasteiger partial charge is 0.444 e. The van der Waals surface area contributed by atoms with Crippen LogP contribution < -0.4 is 0 Å². The fourth-order valence-electron chi connectivity index (χ4n) is 2.65. The number of hydrogen-bond acceptors (Lipinski definition) is 3. The topological polar surface area (TPSA) is 46.6 Å². The molecule has 2 rings (SSSR count). The number of hydrogen-bond donors (Lipinski definition) is 0. The van der Waals surface area contributed by atoms with Crippen LogP contribution >= 0.6 is 23.2 Å². The Hall–Kier alpha value is -1.26. The van der Waals surface area contributed by atoms with Gasteiger partial charge in [-0.25, -0.2) is 4.79 Å². The lowest BCUT2D eigenvalue weighted by Gasteiger charge is -2.28. The third kappa shape index (κ3) is 4.61. The van der Waals surface area contributed by atoms with Gasteiger partial charge in [-0.05, 0) is 45.7 Å². The Morgan fingerprint density at radius 3 is 2.65 bits per heavy atom. The van der Waals surface area contributed by atoms with Crippen molar-refractivity contribution in [2.75, 3.05) is 6.54 Å². The first-order chi connectivity index (χ1) is 10.7. The Morgan fingerprint density at radius 2 is 2.00 bits per heavy atom. The normalized spacial score (nSPS) is 18.1. The minimum atomic E-state index is -0.551. The van der Waals surface area contributed by atoms with Crippen LogP contribution in [0.15, 0.2) is 18.2 Å². The summed E-state index contributed by atoms with van der Waals surface area (Å²) >= 11 is 12.1. The molecule has 1 heterocycles. The molecule has 0 N–H and O–H groups in total. The van der Waals surface area contributed by atoms with Gasteiger partial charge in [-0.3, -0.25) is 4.79 Å². The molecule has 0 spiro atoms. The SMILES string of the molecule is CC(C)(C)OC(=O)N1CCCC1CC(=O)c1cccc(Cl)c1Cl. The van der Waals surface area contributed by atoms with E-state index in [9.17, 15) is 9.59 Å². The number of rotatable bonds is 3. The highest BCUT2D eigenvalue weighted by atomic mass is 35.5. The monoisotopic (exact) mass is 357 g/mol. The number of Topliss-reactive ketones (excluding diaryl/α,β-unsaturated/α-hetero) is 1. The van der Waals surface area contributed by atoms with Crippen LogP contribution in [0.2, 0.25) is 10.0 Å². The summed E-state index contributed by atoms with van der Waals surface area (Å²) in [5, 5.41) is 0.619. The van der Waals surface area contributed by atoms with Gasteiger partial charge < -0.3 is 9.64 Å². The number of halogens is 2. The molecule has 6 heteroatoms. The van der Waals surface area contributed by atoms with E-state index in [1.165, 1.54) is 0 Å². The lowest BCUT2D eigenvalue weighted by atomic mass is 10.0. The van der Waals surface area contributed by atoms with Crippen LogP contribution in [0, 0.1) is 0 Å². The maximum atomic E-state index is 12.5. The molecular weight excluding hydrogens is 337 g/mol. The molecule has 0 saturated carbocycles. The number of carbonyl (C=O) groups is 2. The van der Waals surface area contributed by atoms with Gasteiger partial charge in [0, 0.05) is 24.6 Å². The van der Waals surface area contributed by atoms with E-state index in [0.29, 0.717) is 17.1 Å². The zero-order valence-corrected chi connectivity index (χ0v) is 15.1. The van der Waals surface area contributed by atoms with Gasteiger partial charge in [-0.2, -0.15) is 0 Å². The number of nitrogens with zero attached hydrogens (tertiary/aromatic N) is 1. The van der Waals surface area contributed by atoms with Crippen LogP contribution in [0.3, 0.4) is 0 Å². The van der Waals surface area contributed by atoms with Gasteiger partial charge in [0.2, 0.25) is 0 Å². The molecule has 23 heavy (non-hydrogen) atoms. The van der Waals surface area contributed by atoms with Crippen molar-refractivity contribution >= 4 is 35.1 Å². The van der Waals surface area contributed by atoms with E-state index in [2.05, 4.69) is 0 Å². The fraction of sp³-hybridized carbons (Fsp3) is 0.529. The number of likely N-dealkylation sites (tertiary alicyclic amines) is 1. The average molecular weight is 358 g/mol. The Labute approximate surface area is 146 Å². The van der Waals surface area contributed by atoms with Crippen molar-refractivity contribution in [1.29, 1.82) is 0 Å². The third-order valence-electron chi connectivity index (χ3n) is 3.68. The van der Waals surface area contributed by atoms with Crippen molar-refractivity contribution in [1.82, 2.24) is 4.90 Å². The van der Waals surface area contributed by atoms with Gasteiger partial charge in [-0.15, -0.1) is 0 Å². The van der Waals surface area contributed by atoms with Crippen molar-refractivity contribution < 1.29 is 14.3 Å². The molecule has 1 aliphatic rings. The summed E-state index contributed by atoms with van der Waals surface area (Å²) < 4.78 is 5.41. The second-order valence-corrected chi connectivity index (χ2v) is 7.48. The van der Waals surface area contributed by atoms with Gasteiger partial charge in [0.1, 0.15) is 5.60 Å². The van der Waals surface area contributed by atoms with E-state index in [0.717, 1.165) is 12.8 Å². The fourth-order valence-corrected chi connectivity index (χ4v) is 3.06. The number of benzene rings is 1. The van der Waals surface area contributed by atoms with Gasteiger partial charge in [0.25, 0.3) is 0 Å². The third-order valence-corrected chi connectivity index (χ3v) is 4.50. The van der Waals surface area contributed by atoms with E-state index in [1.807, 2.05) is 20.8 Å². The van der Waals surface area contributed by atoms with Crippen LogP contribution in [0.4, 0.5) is 4.79 Å². The van der Waals surface area contributed by atoms with Crippen molar-refractivity contribution in [3.63, 3.8) is 0 Å². The molecule has 1 aromatic carbocycles. The van der Waals surface area contributed by atoms with E-state index < -0.39 is 5.60 Å². The molecule has 0 aliphatic carbocycles. The Balaban J connectivity index is 2.08. The van der Waals surface area contributed by atoms with E-state index in [4.69, 9.17) is 27.9 Å². The summed E-state index contributed by atoms with van der Waals surface area (Å²) in [6.07, 6.45) is 1.49. The lowest BCUT2D eigenvalue weighted by Crippen LogP contribution is -2.40. The van der Waals surface area contributed by atoms with Gasteiger partial charge in [0.15, 0.2) is 5.78 Å². The van der Waals surface area contributed by atoms with E-state index >= 15 is 0 Å². The van der Waals surface area contributed by atoms with Crippen LogP contribution in [0.5, 0.6) is 0 Å². The van der Waals surface area contributed by atoms with Crippen molar-refractivity contribution in [2.45, 2.75) is 51.7 Å². The first-order valence-corrected chi connectivity index (χ1v) is 8.41. The summed E-state index contributed by atoms with van der Waals surface area (Å²) in [6.45, 7) is 6.09. The van der Waals surface area contributed by atoms with Crippen LogP contribution in [0.25, 0.3) is 0 Å². The summed E-state index contributed by atoms with van der Waals surface area (Å²) in [4.78, 5) is 26.4. The maximum absolute atomic E-state index is 12.5. The molecule has 4 nitrogen and oxygen atoms in total. The lowest BCUT2D eigenvalue weighted by molar-refractivity contribution is 0.0223. The van der Waals surface area contributed by atoms with Crippen LogP contribution in [0.1, 0.15) is 50.4 Å². The second kappa shape index (κ2) is 7.10. The Kier molecular flexibility index (Phi) is 5.58. The smallest absolute Gasteiger partial charge is 0.410 e. The van der Waals surface area contributed by atoms with E-state index in [-0.39, 0.29) is 29.4 Å². The molecule has 0 radical (unpaired) electrons. The summed E-state index contributed by atoms with van der Waals surface area (Å²) in [5.74, 6) is -0.113. The van der Waals surface area contributed by atoms with Gasteiger partial charge in [0.05, 0.1) is 10.0 Å². The molecule has 1 saturated heterocycles. The predicted octanol–water partition coefficient (Wildman–Crippen LogP) is 4.97. The second-order valence-electron chi connectivity index (χ2n) is 6.70. The number of carbonyl (C=O) groups excluding carboxylic acids is 2. The molecule has 1 aliphatic heterocycles. The van der Waals surface area contributed by atoms with Gasteiger partial charge >= 0.3 is 6.09 Å². The highest BCUT2D eigenvalue weighted by Crippen LogP contribution is 2.29. The molecular formula is C17H21Cl2NO3.